The molecule has 156 valence electrons. The number of aryl methyl sites for hydroxylation is 1. The number of aromatic nitrogens is 5. The summed E-state index contributed by atoms with van der Waals surface area (Å²) in [7, 11) is 0. The zero-order valence-corrected chi connectivity index (χ0v) is 16.5. The van der Waals surface area contributed by atoms with Crippen molar-refractivity contribution in [1.82, 2.24) is 30.7 Å². The Morgan fingerprint density at radius 1 is 1.19 bits per heavy atom. The first kappa shape index (κ1) is 19.8. The molecule has 2 heterocycles. The Labute approximate surface area is 176 Å². The minimum absolute atomic E-state index is 0.0166. The molecule has 1 amide bonds. The van der Waals surface area contributed by atoms with Gasteiger partial charge in [0.1, 0.15) is 12.4 Å². The summed E-state index contributed by atoms with van der Waals surface area (Å²) in [6.45, 7) is 2.11. The Hall–Kier alpha value is -4.54. The largest absolute Gasteiger partial charge is 0.489 e. The van der Waals surface area contributed by atoms with Crippen molar-refractivity contribution in [3.63, 3.8) is 0 Å². The number of benzene rings is 2. The molecule has 0 bridgehead atoms. The summed E-state index contributed by atoms with van der Waals surface area (Å²) in [4.78, 5) is 12.6. The number of hydrazone groups is 1. The van der Waals surface area contributed by atoms with Gasteiger partial charge < -0.3 is 10.5 Å². The maximum Gasteiger partial charge on any atom is 0.292 e. The smallest absolute Gasteiger partial charge is 0.292 e. The lowest BCUT2D eigenvalue weighted by Gasteiger charge is -2.06. The van der Waals surface area contributed by atoms with Crippen molar-refractivity contribution in [2.45, 2.75) is 13.5 Å². The summed E-state index contributed by atoms with van der Waals surface area (Å²) in [5.41, 5.74) is 10.5. The highest BCUT2D eigenvalue weighted by atomic mass is 16.6. The van der Waals surface area contributed by atoms with E-state index in [1.54, 1.807) is 6.92 Å². The van der Waals surface area contributed by atoms with E-state index in [0.717, 1.165) is 21.6 Å². The normalized spacial score (nSPS) is 11.0. The standard InChI is InChI=1S/C20H18N8O3/c1-13-17(28(27-23-13)19-18(21)25-31-26-19)20(29)24-22-11-14-7-9-16(10-8-14)30-12-15-5-3-2-4-6-15/h2-11H,12H2,1H3,(H2,21,25)(H,24,29). The highest BCUT2D eigenvalue weighted by Crippen LogP contribution is 2.15. The van der Waals surface area contributed by atoms with Gasteiger partial charge in [0.05, 0.1) is 11.9 Å². The Kier molecular flexibility index (Phi) is 5.65. The third-order valence-electron chi connectivity index (χ3n) is 4.26. The lowest BCUT2D eigenvalue weighted by atomic mass is 10.2. The SMILES string of the molecule is Cc1nnn(-c2nonc2N)c1C(=O)NN=Cc1ccc(OCc2ccccc2)cc1. The topological polar surface area (TPSA) is 146 Å². The van der Waals surface area contributed by atoms with Crippen LogP contribution in [0.5, 0.6) is 5.75 Å². The average Bonchev–Trinajstić information content (AvgIpc) is 3.38. The van der Waals surface area contributed by atoms with E-state index < -0.39 is 5.91 Å². The van der Waals surface area contributed by atoms with Crippen LogP contribution in [-0.2, 0) is 6.61 Å². The van der Waals surface area contributed by atoms with Gasteiger partial charge in [0.2, 0.25) is 11.6 Å². The summed E-state index contributed by atoms with van der Waals surface area (Å²) in [5, 5.41) is 18.8. The molecule has 0 spiro atoms. The second-order valence-corrected chi connectivity index (χ2v) is 6.45. The van der Waals surface area contributed by atoms with Crippen LogP contribution in [0.3, 0.4) is 0 Å². The fourth-order valence-electron chi connectivity index (χ4n) is 2.71. The molecule has 0 saturated heterocycles. The first-order valence-corrected chi connectivity index (χ1v) is 9.22. The molecule has 11 heteroatoms. The number of nitrogens with one attached hydrogen (secondary N) is 1. The van der Waals surface area contributed by atoms with Crippen LogP contribution in [0.15, 0.2) is 64.3 Å². The molecule has 0 aliphatic carbocycles. The number of hydrogen-bond donors (Lipinski definition) is 2. The molecule has 0 fully saturated rings. The Morgan fingerprint density at radius 3 is 2.68 bits per heavy atom. The summed E-state index contributed by atoms with van der Waals surface area (Å²) in [6, 6.07) is 17.2. The Morgan fingerprint density at radius 2 is 1.97 bits per heavy atom. The first-order valence-electron chi connectivity index (χ1n) is 9.22. The number of anilines is 1. The minimum atomic E-state index is -0.538. The molecule has 0 unspecified atom stereocenters. The predicted octanol–water partition coefficient (Wildman–Crippen LogP) is 1.88. The van der Waals surface area contributed by atoms with Gasteiger partial charge >= 0.3 is 0 Å². The summed E-state index contributed by atoms with van der Waals surface area (Å²) >= 11 is 0. The number of carbonyl (C=O) groups excluding carboxylic acids is 1. The summed E-state index contributed by atoms with van der Waals surface area (Å²) in [6.07, 6.45) is 1.51. The molecular weight excluding hydrogens is 400 g/mol. The van der Waals surface area contributed by atoms with Crippen LogP contribution in [0.1, 0.15) is 27.3 Å². The van der Waals surface area contributed by atoms with Gasteiger partial charge in [-0.05, 0) is 52.6 Å². The van der Waals surface area contributed by atoms with Gasteiger partial charge in [0.25, 0.3) is 5.91 Å². The van der Waals surface area contributed by atoms with E-state index in [9.17, 15) is 4.79 Å². The molecule has 0 atom stereocenters. The van der Waals surface area contributed by atoms with Crippen LogP contribution in [0, 0.1) is 6.92 Å². The Balaban J connectivity index is 1.37. The average molecular weight is 418 g/mol. The van der Waals surface area contributed by atoms with Gasteiger partial charge in [0, 0.05) is 0 Å². The van der Waals surface area contributed by atoms with E-state index in [1.807, 2.05) is 54.6 Å². The van der Waals surface area contributed by atoms with Crippen LogP contribution in [-0.4, -0.2) is 37.4 Å². The second kappa shape index (κ2) is 8.86. The maximum absolute atomic E-state index is 12.6. The first-order chi connectivity index (χ1) is 15.1. The van der Waals surface area contributed by atoms with E-state index >= 15 is 0 Å². The quantitative estimate of drug-likeness (QED) is 0.342. The molecule has 0 radical (unpaired) electrons. The highest BCUT2D eigenvalue weighted by Gasteiger charge is 2.22. The van der Waals surface area contributed by atoms with E-state index in [4.69, 9.17) is 10.5 Å². The molecule has 0 aliphatic rings. The fourth-order valence-corrected chi connectivity index (χ4v) is 2.71. The zero-order valence-electron chi connectivity index (χ0n) is 16.5. The van der Waals surface area contributed by atoms with E-state index in [0.29, 0.717) is 12.3 Å². The summed E-state index contributed by atoms with van der Waals surface area (Å²) < 4.78 is 11.4. The van der Waals surface area contributed by atoms with Crippen molar-refractivity contribution < 1.29 is 14.2 Å². The lowest BCUT2D eigenvalue weighted by Crippen LogP contribution is -2.22. The van der Waals surface area contributed by atoms with Crippen LogP contribution >= 0.6 is 0 Å². The monoisotopic (exact) mass is 418 g/mol. The molecular formula is C20H18N8O3. The van der Waals surface area contributed by atoms with Gasteiger partial charge in [0.15, 0.2) is 5.69 Å². The molecule has 31 heavy (non-hydrogen) atoms. The van der Waals surface area contributed by atoms with Crippen LogP contribution in [0.2, 0.25) is 0 Å². The number of rotatable bonds is 7. The van der Waals surface area contributed by atoms with Crippen molar-refractivity contribution in [3.05, 3.63) is 77.1 Å². The van der Waals surface area contributed by atoms with Gasteiger partial charge in [-0.15, -0.1) is 5.10 Å². The van der Waals surface area contributed by atoms with Crippen molar-refractivity contribution in [2.75, 3.05) is 5.73 Å². The number of ether oxygens (including phenoxy) is 1. The molecule has 0 aliphatic heterocycles. The number of hydrogen-bond acceptors (Lipinski definition) is 9. The molecule has 0 saturated carbocycles. The predicted molar refractivity (Wildman–Crippen MR) is 111 cm³/mol. The lowest BCUT2D eigenvalue weighted by molar-refractivity contribution is 0.0946. The van der Waals surface area contributed by atoms with Gasteiger partial charge in [-0.1, -0.05) is 35.5 Å². The number of nitrogen functional groups attached to an aromatic ring is 1. The molecule has 2 aromatic carbocycles. The fraction of sp³-hybridized carbons (Fsp3) is 0.100. The number of amides is 1. The molecule has 4 rings (SSSR count). The number of nitrogens with two attached hydrogens (primary N) is 1. The third-order valence-corrected chi connectivity index (χ3v) is 4.26. The molecule has 3 N–H and O–H groups in total. The minimum Gasteiger partial charge on any atom is -0.489 e. The van der Waals surface area contributed by atoms with Crippen molar-refractivity contribution in [3.8, 4) is 11.6 Å². The van der Waals surface area contributed by atoms with Crippen molar-refractivity contribution in [2.24, 2.45) is 5.10 Å². The van der Waals surface area contributed by atoms with Crippen molar-refractivity contribution in [1.29, 1.82) is 0 Å². The van der Waals surface area contributed by atoms with Crippen LogP contribution in [0.4, 0.5) is 5.82 Å². The van der Waals surface area contributed by atoms with Gasteiger partial charge in [-0.3, -0.25) is 4.79 Å². The molecule has 2 aromatic heterocycles. The van der Waals surface area contributed by atoms with E-state index in [1.165, 1.54) is 6.21 Å². The zero-order chi connectivity index (χ0) is 21.6. The van der Waals surface area contributed by atoms with Gasteiger partial charge in [-0.2, -0.15) is 9.78 Å². The van der Waals surface area contributed by atoms with Crippen molar-refractivity contribution >= 4 is 17.9 Å². The van der Waals surface area contributed by atoms with Crippen LogP contribution < -0.4 is 15.9 Å². The number of nitrogens with zero attached hydrogens (tertiary/aromatic N) is 6. The molecule has 4 aromatic rings. The number of carbonyl (C=O) groups is 1. The van der Waals surface area contributed by atoms with Gasteiger partial charge in [-0.25, -0.2) is 10.1 Å². The second-order valence-electron chi connectivity index (χ2n) is 6.45. The third kappa shape index (κ3) is 4.56. The van der Waals surface area contributed by atoms with Crippen LogP contribution in [0.25, 0.3) is 5.82 Å². The Bertz CT molecular complexity index is 1200. The van der Waals surface area contributed by atoms with E-state index in [2.05, 4.69) is 35.8 Å². The summed E-state index contributed by atoms with van der Waals surface area (Å²) in [5.74, 6) is 0.247. The highest BCUT2D eigenvalue weighted by molar-refractivity contribution is 5.94. The maximum atomic E-state index is 12.6. The van der Waals surface area contributed by atoms with E-state index in [-0.39, 0.29) is 17.3 Å². The molecule has 11 nitrogen and oxygen atoms in total.